The van der Waals surface area contributed by atoms with Gasteiger partial charge in [-0.1, -0.05) is 44.2 Å². The third kappa shape index (κ3) is 3.40. The molecule has 0 saturated heterocycles. The van der Waals surface area contributed by atoms with Crippen LogP contribution in [0.25, 0.3) is 0 Å². The number of halogens is 2. The molecule has 0 aliphatic rings. The Morgan fingerprint density at radius 1 is 1.10 bits per heavy atom. The topological polar surface area (TPSA) is 12.0 Å². The Labute approximate surface area is 128 Å². The molecule has 0 aliphatic carbocycles. The first kappa shape index (κ1) is 15.0. The summed E-state index contributed by atoms with van der Waals surface area (Å²) >= 11 is 3.40. The molecule has 0 fully saturated rings. The van der Waals surface area contributed by atoms with Crippen LogP contribution < -0.4 is 5.32 Å². The Hall–Kier alpha value is -1.35. The van der Waals surface area contributed by atoms with E-state index in [0.717, 1.165) is 17.3 Å². The second-order valence-electron chi connectivity index (χ2n) is 4.80. The van der Waals surface area contributed by atoms with Gasteiger partial charge in [0, 0.05) is 4.47 Å². The number of hydrogen-bond donors (Lipinski definition) is 1. The Kier molecular flexibility index (Phi) is 5.18. The molecule has 2 rings (SSSR count). The molecule has 1 nitrogen and oxygen atoms in total. The minimum Gasteiger partial charge on any atom is -0.375 e. The molecule has 2 aromatic carbocycles. The van der Waals surface area contributed by atoms with E-state index in [0.29, 0.717) is 5.69 Å². The SMILES string of the molecule is CCc1ccc(C(CC)Nc2c(F)cccc2Br)cc1. The van der Waals surface area contributed by atoms with Crippen molar-refractivity contribution in [1.29, 1.82) is 0 Å². The van der Waals surface area contributed by atoms with Crippen LogP contribution in [0.15, 0.2) is 46.9 Å². The lowest BCUT2D eigenvalue weighted by atomic mass is 10.0. The summed E-state index contributed by atoms with van der Waals surface area (Å²) in [5.74, 6) is -0.233. The number of rotatable bonds is 5. The zero-order valence-corrected chi connectivity index (χ0v) is 13.4. The lowest BCUT2D eigenvalue weighted by Crippen LogP contribution is -2.11. The van der Waals surface area contributed by atoms with Gasteiger partial charge in [-0.3, -0.25) is 0 Å². The maximum atomic E-state index is 13.9. The van der Waals surface area contributed by atoms with Crippen LogP contribution in [0.4, 0.5) is 10.1 Å². The highest BCUT2D eigenvalue weighted by atomic mass is 79.9. The monoisotopic (exact) mass is 335 g/mol. The van der Waals surface area contributed by atoms with Crippen LogP contribution in [0, 0.1) is 5.82 Å². The van der Waals surface area contributed by atoms with E-state index in [1.165, 1.54) is 17.2 Å². The van der Waals surface area contributed by atoms with Crippen molar-refractivity contribution >= 4 is 21.6 Å². The molecule has 0 radical (unpaired) electrons. The molecule has 106 valence electrons. The summed E-state index contributed by atoms with van der Waals surface area (Å²) in [6.07, 6.45) is 1.93. The van der Waals surface area contributed by atoms with Gasteiger partial charge in [0.1, 0.15) is 5.82 Å². The van der Waals surface area contributed by atoms with Gasteiger partial charge in [-0.15, -0.1) is 0 Å². The number of benzene rings is 2. The molecule has 0 spiro atoms. The molecular formula is C17H19BrFN. The lowest BCUT2D eigenvalue weighted by Gasteiger charge is -2.20. The Balaban J connectivity index is 2.24. The molecule has 1 N–H and O–H groups in total. The number of anilines is 1. The van der Waals surface area contributed by atoms with Gasteiger partial charge in [0.15, 0.2) is 0 Å². The van der Waals surface area contributed by atoms with Crippen molar-refractivity contribution in [2.24, 2.45) is 0 Å². The molecule has 1 unspecified atom stereocenters. The van der Waals surface area contributed by atoms with Crippen LogP contribution in [0.2, 0.25) is 0 Å². The third-order valence-corrected chi connectivity index (χ3v) is 4.14. The molecule has 3 heteroatoms. The van der Waals surface area contributed by atoms with Gasteiger partial charge in [0.25, 0.3) is 0 Å². The highest BCUT2D eigenvalue weighted by Crippen LogP contribution is 2.30. The second kappa shape index (κ2) is 6.89. The molecule has 0 bridgehead atoms. The van der Waals surface area contributed by atoms with E-state index in [1.54, 1.807) is 6.07 Å². The first-order chi connectivity index (χ1) is 9.65. The predicted octanol–water partition coefficient (Wildman–Crippen LogP) is 5.71. The molecule has 20 heavy (non-hydrogen) atoms. The summed E-state index contributed by atoms with van der Waals surface area (Å²) in [5.41, 5.74) is 3.02. The van der Waals surface area contributed by atoms with Crippen molar-refractivity contribution in [3.63, 3.8) is 0 Å². The molecular weight excluding hydrogens is 317 g/mol. The first-order valence-electron chi connectivity index (χ1n) is 6.95. The van der Waals surface area contributed by atoms with Crippen molar-refractivity contribution in [2.75, 3.05) is 5.32 Å². The van der Waals surface area contributed by atoms with Gasteiger partial charge >= 0.3 is 0 Å². The Morgan fingerprint density at radius 3 is 2.35 bits per heavy atom. The fourth-order valence-corrected chi connectivity index (χ4v) is 2.67. The van der Waals surface area contributed by atoms with Crippen LogP contribution in [0.5, 0.6) is 0 Å². The van der Waals surface area contributed by atoms with E-state index < -0.39 is 0 Å². The predicted molar refractivity (Wildman–Crippen MR) is 86.6 cm³/mol. The van der Waals surface area contributed by atoms with E-state index >= 15 is 0 Å². The zero-order chi connectivity index (χ0) is 14.5. The quantitative estimate of drug-likeness (QED) is 0.737. The summed E-state index contributed by atoms with van der Waals surface area (Å²) in [4.78, 5) is 0. The maximum Gasteiger partial charge on any atom is 0.147 e. The Morgan fingerprint density at radius 2 is 1.80 bits per heavy atom. The van der Waals surface area contributed by atoms with Crippen molar-refractivity contribution < 1.29 is 4.39 Å². The summed E-state index contributed by atoms with van der Waals surface area (Å²) in [6.45, 7) is 4.24. The molecule has 0 heterocycles. The van der Waals surface area contributed by atoms with Crippen molar-refractivity contribution in [3.8, 4) is 0 Å². The van der Waals surface area contributed by atoms with Gasteiger partial charge in [0.05, 0.1) is 11.7 Å². The van der Waals surface area contributed by atoms with Crippen LogP contribution in [-0.2, 0) is 6.42 Å². The number of nitrogens with one attached hydrogen (secondary N) is 1. The highest BCUT2D eigenvalue weighted by molar-refractivity contribution is 9.10. The molecule has 1 atom stereocenters. The zero-order valence-electron chi connectivity index (χ0n) is 11.8. The van der Waals surface area contributed by atoms with Crippen molar-refractivity contribution in [2.45, 2.75) is 32.7 Å². The van der Waals surface area contributed by atoms with Gasteiger partial charge in [-0.05, 0) is 52.0 Å². The fourth-order valence-electron chi connectivity index (χ4n) is 2.22. The van der Waals surface area contributed by atoms with Gasteiger partial charge in [-0.2, -0.15) is 0 Å². The lowest BCUT2D eigenvalue weighted by molar-refractivity contribution is 0.623. The van der Waals surface area contributed by atoms with E-state index in [2.05, 4.69) is 59.4 Å². The molecule has 0 aromatic heterocycles. The molecule has 0 amide bonds. The van der Waals surface area contributed by atoms with Crippen molar-refractivity contribution in [3.05, 3.63) is 63.9 Å². The van der Waals surface area contributed by atoms with Crippen molar-refractivity contribution in [1.82, 2.24) is 0 Å². The maximum absolute atomic E-state index is 13.9. The van der Waals surface area contributed by atoms with Gasteiger partial charge in [0.2, 0.25) is 0 Å². The molecule has 0 aliphatic heterocycles. The van der Waals surface area contributed by atoms with Crippen LogP contribution in [-0.4, -0.2) is 0 Å². The van der Waals surface area contributed by atoms with E-state index in [9.17, 15) is 4.39 Å². The summed E-state index contributed by atoms with van der Waals surface area (Å²) in [7, 11) is 0. The minimum atomic E-state index is -0.233. The normalized spacial score (nSPS) is 12.2. The highest BCUT2D eigenvalue weighted by Gasteiger charge is 2.13. The second-order valence-corrected chi connectivity index (χ2v) is 5.65. The first-order valence-corrected chi connectivity index (χ1v) is 7.74. The average Bonchev–Trinajstić information content (AvgIpc) is 2.47. The molecule has 0 saturated carbocycles. The van der Waals surface area contributed by atoms with E-state index in [4.69, 9.17) is 0 Å². The summed E-state index contributed by atoms with van der Waals surface area (Å²) in [5, 5.41) is 3.30. The van der Waals surface area contributed by atoms with Crippen LogP contribution in [0.3, 0.4) is 0 Å². The standard InChI is InChI=1S/C17H19BrFN/c1-3-12-8-10-13(11-9-12)16(4-2)20-17-14(18)6-5-7-15(17)19/h5-11,16,20H,3-4H2,1-2H3. The third-order valence-electron chi connectivity index (χ3n) is 3.48. The van der Waals surface area contributed by atoms with Crippen LogP contribution >= 0.6 is 15.9 Å². The summed E-state index contributed by atoms with van der Waals surface area (Å²) < 4.78 is 14.6. The smallest absolute Gasteiger partial charge is 0.147 e. The number of hydrogen-bond acceptors (Lipinski definition) is 1. The average molecular weight is 336 g/mol. The molecule has 2 aromatic rings. The van der Waals surface area contributed by atoms with E-state index in [1.807, 2.05) is 6.07 Å². The number of para-hydroxylation sites is 1. The number of aryl methyl sites for hydroxylation is 1. The van der Waals surface area contributed by atoms with E-state index in [-0.39, 0.29) is 11.9 Å². The van der Waals surface area contributed by atoms with Gasteiger partial charge in [-0.25, -0.2) is 4.39 Å². The van der Waals surface area contributed by atoms with Gasteiger partial charge < -0.3 is 5.32 Å². The fraction of sp³-hybridized carbons (Fsp3) is 0.294. The minimum absolute atomic E-state index is 0.106. The largest absolute Gasteiger partial charge is 0.375 e. The summed E-state index contributed by atoms with van der Waals surface area (Å²) in [6, 6.07) is 13.6. The van der Waals surface area contributed by atoms with Crippen LogP contribution in [0.1, 0.15) is 37.4 Å². The Bertz CT molecular complexity index is 545.